The topological polar surface area (TPSA) is 98.5 Å². The Hall–Kier alpha value is -3.03. The van der Waals surface area contributed by atoms with Gasteiger partial charge < -0.3 is 9.64 Å². The van der Waals surface area contributed by atoms with Crippen LogP contribution in [0.5, 0.6) is 0 Å². The minimum absolute atomic E-state index is 0.0812. The maximum absolute atomic E-state index is 11.4. The van der Waals surface area contributed by atoms with Gasteiger partial charge >= 0.3 is 5.97 Å². The monoisotopic (exact) mass is 314 g/mol. The van der Waals surface area contributed by atoms with Crippen molar-refractivity contribution in [3.63, 3.8) is 0 Å². The molecule has 8 heteroatoms. The molecule has 0 unspecified atom stereocenters. The van der Waals surface area contributed by atoms with Crippen molar-refractivity contribution in [3.8, 4) is 0 Å². The second kappa shape index (κ2) is 5.99. The first-order chi connectivity index (χ1) is 11.1. The van der Waals surface area contributed by atoms with Crippen LogP contribution in [0.1, 0.15) is 21.6 Å². The van der Waals surface area contributed by atoms with Crippen molar-refractivity contribution in [2.24, 2.45) is 0 Å². The van der Waals surface area contributed by atoms with Gasteiger partial charge in [0, 0.05) is 25.2 Å². The molecule has 0 N–H and O–H groups in total. The summed E-state index contributed by atoms with van der Waals surface area (Å²) in [6.45, 7) is 1.25. The van der Waals surface area contributed by atoms with Gasteiger partial charge in [0.15, 0.2) is 11.5 Å². The van der Waals surface area contributed by atoms with Crippen LogP contribution in [0.4, 0.5) is 11.5 Å². The van der Waals surface area contributed by atoms with Crippen LogP contribution in [0.2, 0.25) is 0 Å². The van der Waals surface area contributed by atoms with Gasteiger partial charge in [0.2, 0.25) is 0 Å². The Bertz CT molecular complexity index is 761. The predicted octanol–water partition coefficient (Wildman–Crippen LogP) is 1.73. The minimum Gasteiger partial charge on any atom is -0.464 e. The van der Waals surface area contributed by atoms with Crippen molar-refractivity contribution in [3.05, 3.63) is 57.3 Å². The first kappa shape index (κ1) is 14.9. The number of rotatable bonds is 3. The van der Waals surface area contributed by atoms with Gasteiger partial charge in [-0.2, -0.15) is 0 Å². The highest BCUT2D eigenvalue weighted by Crippen LogP contribution is 2.26. The van der Waals surface area contributed by atoms with Gasteiger partial charge in [0.05, 0.1) is 12.0 Å². The number of methoxy groups -OCH3 is 1. The fraction of sp³-hybridized carbons (Fsp3) is 0.267. The number of hydrogen-bond acceptors (Lipinski definition) is 7. The van der Waals surface area contributed by atoms with Crippen molar-refractivity contribution < 1.29 is 14.5 Å². The first-order valence-electron chi connectivity index (χ1n) is 7.01. The quantitative estimate of drug-likeness (QED) is 0.483. The molecule has 0 amide bonds. The molecule has 2 heterocycles. The highest BCUT2D eigenvalue weighted by Gasteiger charge is 2.20. The molecule has 0 bridgehead atoms. The van der Waals surface area contributed by atoms with Crippen molar-refractivity contribution in [2.75, 3.05) is 18.6 Å². The molecule has 0 saturated carbocycles. The van der Waals surface area contributed by atoms with Gasteiger partial charge in [-0.25, -0.2) is 4.79 Å². The van der Waals surface area contributed by atoms with Gasteiger partial charge in [0.1, 0.15) is 0 Å². The summed E-state index contributed by atoms with van der Waals surface area (Å²) in [6.07, 6.45) is 0.772. The van der Waals surface area contributed by atoms with Gasteiger partial charge in [-0.05, 0) is 29.7 Å². The summed E-state index contributed by atoms with van der Waals surface area (Å²) in [5, 5.41) is 18.8. The number of ether oxygens (including phenoxy) is 1. The lowest BCUT2D eigenvalue weighted by Crippen LogP contribution is -2.31. The molecule has 1 aliphatic rings. The van der Waals surface area contributed by atoms with Gasteiger partial charge in [-0.1, -0.05) is 6.07 Å². The van der Waals surface area contributed by atoms with Crippen molar-refractivity contribution in [1.82, 2.24) is 10.2 Å². The number of aromatic nitrogens is 2. The summed E-state index contributed by atoms with van der Waals surface area (Å²) < 4.78 is 4.58. The van der Waals surface area contributed by atoms with E-state index in [1.165, 1.54) is 13.2 Å². The number of esters is 1. The molecule has 3 rings (SSSR count). The lowest BCUT2D eigenvalue weighted by atomic mass is 9.99. The zero-order valence-electron chi connectivity index (χ0n) is 12.4. The molecule has 8 nitrogen and oxygen atoms in total. The molecular weight excluding hydrogens is 300 g/mol. The molecule has 0 atom stereocenters. The van der Waals surface area contributed by atoms with Gasteiger partial charge in [-0.3, -0.25) is 10.1 Å². The van der Waals surface area contributed by atoms with Gasteiger partial charge in [0.25, 0.3) is 5.69 Å². The number of carbonyl (C=O) groups is 1. The Balaban J connectivity index is 1.82. The van der Waals surface area contributed by atoms with Gasteiger partial charge in [-0.15, -0.1) is 10.2 Å². The summed E-state index contributed by atoms with van der Waals surface area (Å²) in [6, 6.07) is 8.17. The van der Waals surface area contributed by atoms with Crippen LogP contribution >= 0.6 is 0 Å². The number of nitro groups is 1. The standard InChI is InChI=1S/C15H14N4O4/c1-23-15(20)13-4-5-14(17-16-13)18-7-6-10-2-3-12(19(21)22)8-11(10)9-18/h2-5,8H,6-7,9H2,1H3. The van der Waals surface area contributed by atoms with Crippen molar-refractivity contribution in [2.45, 2.75) is 13.0 Å². The second-order valence-electron chi connectivity index (χ2n) is 5.15. The molecule has 0 fully saturated rings. The highest BCUT2D eigenvalue weighted by atomic mass is 16.6. The Kier molecular flexibility index (Phi) is 3.88. The van der Waals surface area contributed by atoms with E-state index in [4.69, 9.17) is 0 Å². The SMILES string of the molecule is COC(=O)c1ccc(N2CCc3ccc([N+](=O)[O-])cc3C2)nn1. The number of benzene rings is 1. The molecular formula is C15H14N4O4. The molecule has 1 aromatic carbocycles. The molecule has 23 heavy (non-hydrogen) atoms. The molecule has 118 valence electrons. The number of fused-ring (bicyclic) bond motifs is 1. The third-order valence-electron chi connectivity index (χ3n) is 3.78. The van der Waals surface area contributed by atoms with E-state index in [2.05, 4.69) is 14.9 Å². The Labute approximate surface area is 131 Å². The van der Waals surface area contributed by atoms with Crippen molar-refractivity contribution >= 4 is 17.5 Å². The first-order valence-corrected chi connectivity index (χ1v) is 7.01. The number of hydrogen-bond donors (Lipinski definition) is 0. The average molecular weight is 314 g/mol. The minimum atomic E-state index is -0.538. The zero-order valence-corrected chi connectivity index (χ0v) is 12.4. The van der Waals surface area contributed by atoms with E-state index in [0.717, 1.165) is 24.1 Å². The molecule has 1 aromatic heterocycles. The molecule has 0 aliphatic carbocycles. The lowest BCUT2D eigenvalue weighted by Gasteiger charge is -2.29. The Morgan fingerprint density at radius 3 is 2.74 bits per heavy atom. The van der Waals surface area contributed by atoms with Crippen LogP contribution < -0.4 is 4.90 Å². The Morgan fingerprint density at radius 1 is 1.26 bits per heavy atom. The number of nitrogens with zero attached hydrogens (tertiary/aromatic N) is 4. The smallest absolute Gasteiger partial charge is 0.358 e. The van der Waals surface area contributed by atoms with E-state index >= 15 is 0 Å². The van der Waals surface area contributed by atoms with E-state index in [1.54, 1.807) is 24.3 Å². The van der Waals surface area contributed by atoms with Crippen LogP contribution in [0.25, 0.3) is 0 Å². The summed E-state index contributed by atoms with van der Waals surface area (Å²) in [5.41, 5.74) is 2.23. The third-order valence-corrected chi connectivity index (χ3v) is 3.78. The Morgan fingerprint density at radius 2 is 2.09 bits per heavy atom. The third kappa shape index (κ3) is 2.96. The van der Waals surface area contributed by atoms with E-state index in [9.17, 15) is 14.9 Å². The highest BCUT2D eigenvalue weighted by molar-refractivity contribution is 5.87. The van der Waals surface area contributed by atoms with E-state index in [0.29, 0.717) is 12.4 Å². The fourth-order valence-corrected chi connectivity index (χ4v) is 2.56. The maximum atomic E-state index is 11.4. The molecule has 2 aromatic rings. The molecule has 0 saturated heterocycles. The number of non-ortho nitro benzene ring substituents is 1. The maximum Gasteiger partial charge on any atom is 0.358 e. The molecule has 0 radical (unpaired) electrons. The van der Waals surface area contributed by atoms with E-state index in [-0.39, 0.29) is 11.4 Å². The number of carbonyl (C=O) groups excluding carboxylic acids is 1. The summed E-state index contributed by atoms with van der Waals surface area (Å²) in [5.74, 6) is 0.0819. The lowest BCUT2D eigenvalue weighted by molar-refractivity contribution is -0.384. The van der Waals surface area contributed by atoms with Crippen LogP contribution in [0.15, 0.2) is 30.3 Å². The normalized spacial score (nSPS) is 13.3. The second-order valence-corrected chi connectivity index (χ2v) is 5.15. The summed E-state index contributed by atoms with van der Waals surface area (Å²) in [7, 11) is 1.28. The van der Waals surface area contributed by atoms with Crippen LogP contribution in [0.3, 0.4) is 0 Å². The largest absolute Gasteiger partial charge is 0.464 e. The average Bonchev–Trinajstić information content (AvgIpc) is 2.60. The fourth-order valence-electron chi connectivity index (χ4n) is 2.56. The predicted molar refractivity (Wildman–Crippen MR) is 81.2 cm³/mol. The molecule has 0 spiro atoms. The van der Waals surface area contributed by atoms with Crippen LogP contribution in [-0.4, -0.2) is 34.7 Å². The van der Waals surface area contributed by atoms with E-state index in [1.807, 2.05) is 4.90 Å². The van der Waals surface area contributed by atoms with Crippen LogP contribution in [0, 0.1) is 10.1 Å². The summed E-state index contributed by atoms with van der Waals surface area (Å²) >= 11 is 0. The number of nitro benzene ring substituents is 1. The van der Waals surface area contributed by atoms with Crippen LogP contribution in [-0.2, 0) is 17.7 Å². The number of anilines is 1. The van der Waals surface area contributed by atoms with E-state index < -0.39 is 10.9 Å². The van der Waals surface area contributed by atoms with Crippen molar-refractivity contribution in [1.29, 1.82) is 0 Å². The zero-order chi connectivity index (χ0) is 16.4. The summed E-state index contributed by atoms with van der Waals surface area (Å²) in [4.78, 5) is 23.8. The molecule has 1 aliphatic heterocycles.